The van der Waals surface area contributed by atoms with Gasteiger partial charge in [0.1, 0.15) is 6.04 Å². The van der Waals surface area contributed by atoms with Crippen molar-refractivity contribution in [2.24, 2.45) is 0 Å². The van der Waals surface area contributed by atoms with Crippen LogP contribution in [0.5, 0.6) is 0 Å². The van der Waals surface area contributed by atoms with Crippen LogP contribution < -0.4 is 10.6 Å². The Labute approximate surface area is 108 Å². The minimum Gasteiger partial charge on any atom is -0.377 e. The molecule has 0 bridgehead atoms. The summed E-state index contributed by atoms with van der Waals surface area (Å²) >= 11 is 0. The summed E-state index contributed by atoms with van der Waals surface area (Å²) in [5.41, 5.74) is 0. The van der Waals surface area contributed by atoms with E-state index in [1.807, 2.05) is 14.0 Å². The standard InChI is InChI=1S/C12H23N3O3/c1-3-14-12(17)10-9-18-8-7-15(10)11(16)5-4-6-13-2/h10,13H,3-9H2,1-2H3,(H,14,17). The van der Waals surface area contributed by atoms with E-state index in [2.05, 4.69) is 10.6 Å². The van der Waals surface area contributed by atoms with Crippen molar-refractivity contribution >= 4 is 11.8 Å². The largest absolute Gasteiger partial charge is 0.377 e. The predicted molar refractivity (Wildman–Crippen MR) is 68.2 cm³/mol. The quantitative estimate of drug-likeness (QED) is 0.620. The molecule has 0 radical (unpaired) electrons. The summed E-state index contributed by atoms with van der Waals surface area (Å²) in [6, 6.07) is -0.471. The first-order valence-electron chi connectivity index (χ1n) is 6.50. The minimum absolute atomic E-state index is 0.0322. The van der Waals surface area contributed by atoms with Crippen molar-refractivity contribution in [3.05, 3.63) is 0 Å². The van der Waals surface area contributed by atoms with Gasteiger partial charge in [0.25, 0.3) is 0 Å². The number of ether oxygens (including phenoxy) is 1. The molecule has 1 fully saturated rings. The van der Waals surface area contributed by atoms with Gasteiger partial charge in [-0.25, -0.2) is 0 Å². The number of hydrogen-bond donors (Lipinski definition) is 2. The van der Waals surface area contributed by atoms with E-state index in [-0.39, 0.29) is 11.8 Å². The summed E-state index contributed by atoms with van der Waals surface area (Å²) < 4.78 is 5.29. The molecule has 0 aliphatic carbocycles. The van der Waals surface area contributed by atoms with Crippen molar-refractivity contribution in [2.45, 2.75) is 25.8 Å². The third-order valence-electron chi connectivity index (χ3n) is 2.92. The van der Waals surface area contributed by atoms with Crippen molar-refractivity contribution in [2.75, 3.05) is 39.9 Å². The Bertz CT molecular complexity index is 284. The average Bonchev–Trinajstić information content (AvgIpc) is 2.39. The van der Waals surface area contributed by atoms with E-state index in [0.717, 1.165) is 13.0 Å². The molecule has 0 aromatic heterocycles. The van der Waals surface area contributed by atoms with Crippen LogP contribution in [0.15, 0.2) is 0 Å². The van der Waals surface area contributed by atoms with E-state index in [4.69, 9.17) is 4.74 Å². The topological polar surface area (TPSA) is 70.7 Å². The van der Waals surface area contributed by atoms with Crippen LogP contribution in [0.2, 0.25) is 0 Å². The lowest BCUT2D eigenvalue weighted by molar-refractivity contribution is -0.148. The van der Waals surface area contributed by atoms with Gasteiger partial charge in [0.2, 0.25) is 11.8 Å². The maximum atomic E-state index is 12.1. The molecular formula is C12H23N3O3. The highest BCUT2D eigenvalue weighted by Gasteiger charge is 2.31. The SMILES string of the molecule is CCNC(=O)C1COCCN1C(=O)CCCNC. The van der Waals surface area contributed by atoms with E-state index >= 15 is 0 Å². The zero-order valence-electron chi connectivity index (χ0n) is 11.2. The number of hydrogen-bond acceptors (Lipinski definition) is 4. The summed E-state index contributed by atoms with van der Waals surface area (Å²) in [5.74, 6) is -0.0935. The molecule has 1 heterocycles. The van der Waals surface area contributed by atoms with Crippen LogP contribution in [0, 0.1) is 0 Å². The molecule has 0 aromatic carbocycles. The third kappa shape index (κ3) is 4.27. The molecule has 2 amide bonds. The molecule has 104 valence electrons. The lowest BCUT2D eigenvalue weighted by Gasteiger charge is -2.34. The van der Waals surface area contributed by atoms with Crippen molar-refractivity contribution < 1.29 is 14.3 Å². The second-order valence-electron chi connectivity index (χ2n) is 4.28. The van der Waals surface area contributed by atoms with Crippen LogP contribution in [0.1, 0.15) is 19.8 Å². The number of morpholine rings is 1. The fourth-order valence-electron chi connectivity index (χ4n) is 1.97. The number of carbonyl (C=O) groups excluding carboxylic acids is 2. The minimum atomic E-state index is -0.471. The number of likely N-dealkylation sites (N-methyl/N-ethyl adjacent to an activating group) is 1. The number of nitrogens with one attached hydrogen (secondary N) is 2. The van der Waals surface area contributed by atoms with Gasteiger partial charge in [0.05, 0.1) is 13.2 Å². The Hall–Kier alpha value is -1.14. The Balaban J connectivity index is 2.52. The first-order chi connectivity index (χ1) is 8.70. The maximum Gasteiger partial charge on any atom is 0.245 e. The Morgan fingerprint density at radius 2 is 2.22 bits per heavy atom. The molecule has 0 aromatic rings. The van der Waals surface area contributed by atoms with E-state index < -0.39 is 6.04 Å². The van der Waals surface area contributed by atoms with E-state index in [1.165, 1.54) is 0 Å². The lowest BCUT2D eigenvalue weighted by Crippen LogP contribution is -2.55. The fourth-order valence-corrected chi connectivity index (χ4v) is 1.97. The highest BCUT2D eigenvalue weighted by molar-refractivity contribution is 5.88. The monoisotopic (exact) mass is 257 g/mol. The molecule has 0 saturated carbocycles. The maximum absolute atomic E-state index is 12.1. The Morgan fingerprint density at radius 3 is 2.89 bits per heavy atom. The summed E-state index contributed by atoms with van der Waals surface area (Å²) in [4.78, 5) is 25.5. The van der Waals surface area contributed by atoms with E-state index in [0.29, 0.717) is 32.7 Å². The van der Waals surface area contributed by atoms with Gasteiger partial charge in [-0.2, -0.15) is 0 Å². The van der Waals surface area contributed by atoms with Crippen molar-refractivity contribution in [1.29, 1.82) is 0 Å². The van der Waals surface area contributed by atoms with Crippen LogP contribution in [-0.2, 0) is 14.3 Å². The molecule has 2 N–H and O–H groups in total. The Kier molecular flexibility index (Phi) is 6.67. The number of carbonyl (C=O) groups is 2. The molecule has 1 aliphatic rings. The van der Waals surface area contributed by atoms with Crippen LogP contribution >= 0.6 is 0 Å². The van der Waals surface area contributed by atoms with Gasteiger partial charge in [-0.1, -0.05) is 0 Å². The molecule has 0 spiro atoms. The second kappa shape index (κ2) is 8.05. The van der Waals surface area contributed by atoms with Crippen LogP contribution in [-0.4, -0.2) is 62.7 Å². The second-order valence-corrected chi connectivity index (χ2v) is 4.28. The summed E-state index contributed by atoms with van der Waals surface area (Å²) in [5, 5.41) is 5.75. The Morgan fingerprint density at radius 1 is 1.44 bits per heavy atom. The summed E-state index contributed by atoms with van der Waals surface area (Å²) in [6.45, 7) is 4.54. The molecule has 1 rings (SSSR count). The molecule has 18 heavy (non-hydrogen) atoms. The fraction of sp³-hybridized carbons (Fsp3) is 0.833. The summed E-state index contributed by atoms with van der Waals surface area (Å²) in [7, 11) is 1.86. The van der Waals surface area contributed by atoms with E-state index in [1.54, 1.807) is 4.90 Å². The van der Waals surface area contributed by atoms with Gasteiger partial charge < -0.3 is 20.3 Å². The first kappa shape index (κ1) is 14.9. The van der Waals surface area contributed by atoms with Gasteiger partial charge in [0, 0.05) is 19.5 Å². The zero-order valence-corrected chi connectivity index (χ0v) is 11.2. The normalized spacial score (nSPS) is 19.7. The highest BCUT2D eigenvalue weighted by Crippen LogP contribution is 2.10. The van der Waals surface area contributed by atoms with Crippen molar-refractivity contribution in [3.63, 3.8) is 0 Å². The molecule has 6 heteroatoms. The molecule has 1 aliphatic heterocycles. The summed E-state index contributed by atoms with van der Waals surface area (Å²) in [6.07, 6.45) is 1.26. The van der Waals surface area contributed by atoms with Gasteiger partial charge >= 0.3 is 0 Å². The molecule has 1 unspecified atom stereocenters. The van der Waals surface area contributed by atoms with Gasteiger partial charge in [-0.15, -0.1) is 0 Å². The van der Waals surface area contributed by atoms with Crippen LogP contribution in [0.3, 0.4) is 0 Å². The number of amides is 2. The molecule has 1 saturated heterocycles. The van der Waals surface area contributed by atoms with Crippen molar-refractivity contribution in [3.8, 4) is 0 Å². The van der Waals surface area contributed by atoms with Gasteiger partial charge in [-0.05, 0) is 26.9 Å². The average molecular weight is 257 g/mol. The molecule has 1 atom stereocenters. The first-order valence-corrected chi connectivity index (χ1v) is 6.50. The zero-order chi connectivity index (χ0) is 13.4. The molecular weight excluding hydrogens is 234 g/mol. The number of nitrogens with zero attached hydrogens (tertiary/aromatic N) is 1. The predicted octanol–water partition coefficient (Wildman–Crippen LogP) is -0.650. The molecule has 6 nitrogen and oxygen atoms in total. The van der Waals surface area contributed by atoms with Gasteiger partial charge in [-0.3, -0.25) is 9.59 Å². The van der Waals surface area contributed by atoms with Crippen LogP contribution in [0.4, 0.5) is 0 Å². The van der Waals surface area contributed by atoms with Crippen LogP contribution in [0.25, 0.3) is 0 Å². The van der Waals surface area contributed by atoms with Gasteiger partial charge in [0.15, 0.2) is 0 Å². The lowest BCUT2D eigenvalue weighted by atomic mass is 10.1. The highest BCUT2D eigenvalue weighted by atomic mass is 16.5. The van der Waals surface area contributed by atoms with E-state index in [9.17, 15) is 9.59 Å². The van der Waals surface area contributed by atoms with Crippen molar-refractivity contribution in [1.82, 2.24) is 15.5 Å². The third-order valence-corrected chi connectivity index (χ3v) is 2.92. The number of rotatable bonds is 6. The smallest absolute Gasteiger partial charge is 0.245 e.